The summed E-state index contributed by atoms with van der Waals surface area (Å²) in [7, 11) is 0. The second-order valence-electron chi connectivity index (χ2n) is 4.90. The van der Waals surface area contributed by atoms with Crippen molar-refractivity contribution in [1.29, 1.82) is 0 Å². The first-order valence-electron chi connectivity index (χ1n) is 6.42. The number of nitrogens with zero attached hydrogens (tertiary/aromatic N) is 2. The fraction of sp³-hybridized carbons (Fsp3) is 0.833. The molecule has 0 aliphatic carbocycles. The van der Waals surface area contributed by atoms with Gasteiger partial charge in [-0.05, 0) is 26.7 Å². The fourth-order valence-electron chi connectivity index (χ4n) is 1.96. The highest BCUT2D eigenvalue weighted by molar-refractivity contribution is 5.04. The van der Waals surface area contributed by atoms with Crippen molar-refractivity contribution in [2.45, 2.75) is 38.1 Å². The van der Waals surface area contributed by atoms with Crippen LogP contribution in [0, 0.1) is 0 Å². The highest BCUT2D eigenvalue weighted by Crippen LogP contribution is 2.26. The van der Waals surface area contributed by atoms with Crippen molar-refractivity contribution in [2.24, 2.45) is 5.73 Å². The second kappa shape index (κ2) is 5.77. The van der Waals surface area contributed by atoms with Crippen LogP contribution in [0.2, 0.25) is 0 Å². The summed E-state index contributed by atoms with van der Waals surface area (Å²) in [5.41, 5.74) is 5.43. The molecule has 2 rings (SSSR count). The highest BCUT2D eigenvalue weighted by atomic mass is 16.5. The van der Waals surface area contributed by atoms with E-state index in [1.807, 2.05) is 13.8 Å². The Morgan fingerprint density at radius 2 is 2.17 bits per heavy atom. The molecule has 6 nitrogen and oxygen atoms in total. The van der Waals surface area contributed by atoms with Crippen molar-refractivity contribution in [1.82, 2.24) is 10.1 Å². The van der Waals surface area contributed by atoms with Crippen LogP contribution in [0.25, 0.3) is 0 Å². The molecule has 0 aromatic carbocycles. The van der Waals surface area contributed by atoms with E-state index in [0.717, 1.165) is 26.1 Å². The summed E-state index contributed by atoms with van der Waals surface area (Å²) in [4.78, 5) is 4.42. The Bertz CT molecular complexity index is 372. The molecule has 0 amide bonds. The summed E-state index contributed by atoms with van der Waals surface area (Å²) >= 11 is 0. The van der Waals surface area contributed by atoms with E-state index < -0.39 is 5.54 Å². The lowest BCUT2D eigenvalue weighted by Crippen LogP contribution is -2.39. The van der Waals surface area contributed by atoms with Gasteiger partial charge in [-0.1, -0.05) is 5.16 Å². The number of ether oxygens (including phenoxy) is 2. The van der Waals surface area contributed by atoms with Crippen molar-refractivity contribution in [3.05, 3.63) is 11.7 Å². The summed E-state index contributed by atoms with van der Waals surface area (Å²) in [6, 6.07) is 0. The second-order valence-corrected chi connectivity index (χ2v) is 4.90. The summed E-state index contributed by atoms with van der Waals surface area (Å²) in [5.74, 6) is 1.47. The Labute approximate surface area is 107 Å². The van der Waals surface area contributed by atoms with Crippen LogP contribution in [-0.4, -0.2) is 36.6 Å². The molecule has 6 heteroatoms. The van der Waals surface area contributed by atoms with E-state index in [1.165, 1.54) is 0 Å². The SMILES string of the molecule is CCOCC(C)(N)c1noc(C2CCOCC2)n1. The minimum Gasteiger partial charge on any atom is -0.381 e. The van der Waals surface area contributed by atoms with Crippen LogP contribution in [0.4, 0.5) is 0 Å². The molecule has 2 N–H and O–H groups in total. The molecule has 1 aliphatic heterocycles. The van der Waals surface area contributed by atoms with Crippen LogP contribution in [0.15, 0.2) is 4.52 Å². The zero-order valence-corrected chi connectivity index (χ0v) is 11.0. The van der Waals surface area contributed by atoms with Crippen molar-refractivity contribution in [2.75, 3.05) is 26.4 Å². The fourth-order valence-corrected chi connectivity index (χ4v) is 1.96. The zero-order chi connectivity index (χ0) is 13.0. The van der Waals surface area contributed by atoms with Crippen LogP contribution in [-0.2, 0) is 15.0 Å². The molecule has 1 aromatic rings. The third-order valence-electron chi connectivity index (χ3n) is 3.13. The van der Waals surface area contributed by atoms with Crippen molar-refractivity contribution in [3.8, 4) is 0 Å². The van der Waals surface area contributed by atoms with E-state index in [2.05, 4.69) is 10.1 Å². The van der Waals surface area contributed by atoms with Crippen LogP contribution in [0.3, 0.4) is 0 Å². The predicted octanol–water partition coefficient (Wildman–Crippen LogP) is 1.17. The molecule has 0 saturated carbocycles. The quantitative estimate of drug-likeness (QED) is 0.850. The smallest absolute Gasteiger partial charge is 0.230 e. The minimum absolute atomic E-state index is 0.294. The molecule has 1 saturated heterocycles. The Kier molecular flexibility index (Phi) is 4.31. The molecule has 1 atom stereocenters. The third-order valence-corrected chi connectivity index (χ3v) is 3.13. The van der Waals surface area contributed by atoms with Gasteiger partial charge in [-0.3, -0.25) is 0 Å². The van der Waals surface area contributed by atoms with Gasteiger partial charge in [0.1, 0.15) is 5.54 Å². The molecule has 0 radical (unpaired) electrons. The van der Waals surface area contributed by atoms with Gasteiger partial charge in [0.05, 0.1) is 6.61 Å². The van der Waals surface area contributed by atoms with Gasteiger partial charge >= 0.3 is 0 Å². The van der Waals surface area contributed by atoms with Gasteiger partial charge in [-0.25, -0.2) is 0 Å². The zero-order valence-electron chi connectivity index (χ0n) is 11.0. The molecule has 0 spiro atoms. The normalized spacial score (nSPS) is 20.8. The lowest BCUT2D eigenvalue weighted by atomic mass is 10.00. The molecule has 18 heavy (non-hydrogen) atoms. The van der Waals surface area contributed by atoms with Gasteiger partial charge in [0.25, 0.3) is 0 Å². The minimum atomic E-state index is -0.705. The summed E-state index contributed by atoms with van der Waals surface area (Å²) in [5, 5.41) is 3.98. The van der Waals surface area contributed by atoms with E-state index >= 15 is 0 Å². The number of hydrogen-bond acceptors (Lipinski definition) is 6. The summed E-state index contributed by atoms with van der Waals surface area (Å²) in [6.07, 6.45) is 1.85. The molecular weight excluding hydrogens is 234 g/mol. The monoisotopic (exact) mass is 255 g/mol. The van der Waals surface area contributed by atoms with Gasteiger partial charge in [0, 0.05) is 25.7 Å². The topological polar surface area (TPSA) is 83.4 Å². The van der Waals surface area contributed by atoms with Crippen molar-refractivity contribution < 1.29 is 14.0 Å². The summed E-state index contributed by atoms with van der Waals surface area (Å²) in [6.45, 7) is 6.29. The number of aromatic nitrogens is 2. The first-order chi connectivity index (χ1) is 8.63. The Morgan fingerprint density at radius 3 is 2.83 bits per heavy atom. The number of hydrogen-bond donors (Lipinski definition) is 1. The standard InChI is InChI=1S/C12H21N3O3/c1-3-16-8-12(2,13)11-14-10(18-15-11)9-4-6-17-7-5-9/h9H,3-8,13H2,1-2H3. The maximum atomic E-state index is 6.13. The number of nitrogens with two attached hydrogens (primary N) is 1. The van der Waals surface area contributed by atoms with E-state index in [-0.39, 0.29) is 0 Å². The van der Waals surface area contributed by atoms with E-state index in [9.17, 15) is 0 Å². The van der Waals surface area contributed by atoms with Gasteiger partial charge in [0.2, 0.25) is 5.89 Å². The summed E-state index contributed by atoms with van der Waals surface area (Å²) < 4.78 is 16.0. The average Bonchev–Trinajstić information content (AvgIpc) is 2.88. The lowest BCUT2D eigenvalue weighted by Gasteiger charge is -2.20. The molecular formula is C12H21N3O3. The molecule has 1 unspecified atom stereocenters. The first kappa shape index (κ1) is 13.5. The molecule has 1 aliphatic rings. The van der Waals surface area contributed by atoms with Gasteiger partial charge in [0.15, 0.2) is 5.82 Å². The van der Waals surface area contributed by atoms with Crippen LogP contribution >= 0.6 is 0 Å². The molecule has 102 valence electrons. The van der Waals surface area contributed by atoms with E-state index in [0.29, 0.717) is 30.8 Å². The molecule has 0 bridgehead atoms. The van der Waals surface area contributed by atoms with Gasteiger partial charge in [-0.15, -0.1) is 0 Å². The molecule has 1 fully saturated rings. The van der Waals surface area contributed by atoms with Crippen molar-refractivity contribution >= 4 is 0 Å². The lowest BCUT2D eigenvalue weighted by molar-refractivity contribution is 0.0778. The van der Waals surface area contributed by atoms with E-state index in [1.54, 1.807) is 0 Å². The van der Waals surface area contributed by atoms with Gasteiger partial charge in [-0.2, -0.15) is 4.98 Å². The van der Waals surface area contributed by atoms with Crippen molar-refractivity contribution in [3.63, 3.8) is 0 Å². The maximum absolute atomic E-state index is 6.13. The molecule has 2 heterocycles. The predicted molar refractivity (Wildman–Crippen MR) is 65.1 cm³/mol. The number of rotatable bonds is 5. The highest BCUT2D eigenvalue weighted by Gasteiger charge is 2.30. The third kappa shape index (κ3) is 3.07. The maximum Gasteiger partial charge on any atom is 0.230 e. The largest absolute Gasteiger partial charge is 0.381 e. The van der Waals surface area contributed by atoms with Crippen LogP contribution < -0.4 is 5.73 Å². The molecule has 1 aromatic heterocycles. The Hall–Kier alpha value is -0.980. The Morgan fingerprint density at radius 1 is 1.44 bits per heavy atom. The first-order valence-corrected chi connectivity index (χ1v) is 6.42. The van der Waals surface area contributed by atoms with Crippen LogP contribution in [0.5, 0.6) is 0 Å². The van der Waals surface area contributed by atoms with Gasteiger partial charge < -0.3 is 19.7 Å². The Balaban J connectivity index is 2.04. The average molecular weight is 255 g/mol. The van der Waals surface area contributed by atoms with Crippen LogP contribution in [0.1, 0.15) is 44.3 Å². The van der Waals surface area contributed by atoms with E-state index in [4.69, 9.17) is 19.7 Å².